The Morgan fingerprint density at radius 3 is 2.75 bits per heavy atom. The van der Waals surface area contributed by atoms with Crippen molar-refractivity contribution in [1.82, 2.24) is 9.80 Å². The molecule has 0 aromatic heterocycles. The van der Waals surface area contributed by atoms with Crippen LogP contribution in [0.5, 0.6) is 0 Å². The Kier molecular flexibility index (Phi) is 4.33. The number of ether oxygens (including phenoxy) is 1. The topological polar surface area (TPSA) is 49.4 Å². The fourth-order valence-electron chi connectivity index (χ4n) is 4.86. The van der Waals surface area contributed by atoms with Crippen molar-refractivity contribution in [2.75, 3.05) is 33.4 Å². The van der Waals surface area contributed by atoms with E-state index < -0.39 is 0 Å². The van der Waals surface area contributed by atoms with E-state index in [4.69, 9.17) is 4.74 Å². The van der Waals surface area contributed by atoms with Crippen molar-refractivity contribution in [2.45, 2.75) is 37.5 Å². The maximum Gasteiger partial charge on any atom is 0.238 e. The van der Waals surface area contributed by atoms with Crippen LogP contribution in [0.15, 0.2) is 30.3 Å². The molecule has 4 rings (SSSR count). The van der Waals surface area contributed by atoms with Crippen LogP contribution in [0.2, 0.25) is 0 Å². The van der Waals surface area contributed by atoms with Crippen LogP contribution >= 0.6 is 0 Å². The first kappa shape index (κ1) is 16.1. The molecule has 2 aliphatic heterocycles. The van der Waals surface area contributed by atoms with Crippen LogP contribution in [0.4, 0.5) is 0 Å². The number of hydrogen-bond donors (Lipinski definition) is 1. The summed E-state index contributed by atoms with van der Waals surface area (Å²) in [4.78, 5) is 17.6. The molecule has 1 aliphatic carbocycles. The van der Waals surface area contributed by atoms with Gasteiger partial charge in [-0.05, 0) is 18.4 Å². The fraction of sp³-hybridized carbons (Fsp3) is 0.632. The molecule has 2 atom stereocenters. The van der Waals surface area contributed by atoms with Crippen LogP contribution in [0.3, 0.4) is 0 Å². The van der Waals surface area contributed by atoms with E-state index in [1.165, 1.54) is 24.8 Å². The van der Waals surface area contributed by atoms with Crippen LogP contribution < -0.4 is 5.32 Å². The lowest BCUT2D eigenvalue weighted by molar-refractivity contribution is -0.688. The van der Waals surface area contributed by atoms with Gasteiger partial charge in [0.25, 0.3) is 0 Å². The highest BCUT2D eigenvalue weighted by Gasteiger charge is 2.61. The minimum atomic E-state index is -0.118. The lowest BCUT2D eigenvalue weighted by atomic mass is 9.73. The van der Waals surface area contributed by atoms with Gasteiger partial charge < -0.3 is 15.0 Å². The van der Waals surface area contributed by atoms with Gasteiger partial charge >= 0.3 is 0 Å². The Balaban J connectivity index is 1.67. The molecule has 1 saturated carbocycles. The second-order valence-corrected chi connectivity index (χ2v) is 7.44. The third kappa shape index (κ3) is 2.46. The molecule has 0 radical (unpaired) electrons. The average molecular weight is 330 g/mol. The number of benzene rings is 1. The van der Waals surface area contributed by atoms with Gasteiger partial charge in [0, 0.05) is 19.6 Å². The number of carbonyl (C=O) groups excluding carboxylic acids is 1. The van der Waals surface area contributed by atoms with Crippen molar-refractivity contribution in [3.63, 3.8) is 0 Å². The van der Waals surface area contributed by atoms with E-state index in [2.05, 4.69) is 39.4 Å². The molecule has 130 valence electrons. The molecule has 1 aromatic carbocycles. The van der Waals surface area contributed by atoms with Crippen LogP contribution in [0, 0.1) is 5.92 Å². The zero-order valence-electron chi connectivity index (χ0n) is 14.5. The first-order valence-corrected chi connectivity index (χ1v) is 9.17. The number of hydrogen-bond acceptors (Lipinski definition) is 3. The highest BCUT2D eigenvalue weighted by Crippen LogP contribution is 2.46. The number of carbonyl (C=O) groups is 1. The molecule has 2 heterocycles. The number of nitrogens with zero attached hydrogens (tertiary/aromatic N) is 2. The smallest absolute Gasteiger partial charge is 0.238 e. The molecule has 2 N–H and O–H groups in total. The maximum absolute atomic E-state index is 13.0. The fourth-order valence-corrected chi connectivity index (χ4v) is 4.86. The molecule has 3 aliphatic rings. The van der Waals surface area contributed by atoms with Crippen molar-refractivity contribution in [3.05, 3.63) is 35.9 Å². The van der Waals surface area contributed by atoms with E-state index in [-0.39, 0.29) is 11.6 Å². The molecule has 5 nitrogen and oxygen atoms in total. The summed E-state index contributed by atoms with van der Waals surface area (Å²) < 4.78 is 5.46. The summed E-state index contributed by atoms with van der Waals surface area (Å²) in [6.45, 7) is 3.99. The van der Waals surface area contributed by atoms with E-state index in [9.17, 15) is 4.79 Å². The van der Waals surface area contributed by atoms with Crippen molar-refractivity contribution in [3.8, 4) is 0 Å². The van der Waals surface area contributed by atoms with Crippen LogP contribution in [0.1, 0.15) is 24.8 Å². The zero-order valence-corrected chi connectivity index (χ0v) is 14.5. The maximum atomic E-state index is 13.0. The first-order chi connectivity index (χ1) is 11.8. The van der Waals surface area contributed by atoms with Gasteiger partial charge in [-0.15, -0.1) is 0 Å². The summed E-state index contributed by atoms with van der Waals surface area (Å²) in [5.41, 5.74) is 1.10. The summed E-state index contributed by atoms with van der Waals surface area (Å²) in [5, 5.41) is 2.40. The van der Waals surface area contributed by atoms with Crippen LogP contribution in [0.25, 0.3) is 0 Å². The average Bonchev–Trinajstić information content (AvgIpc) is 2.81. The minimum Gasteiger partial charge on any atom is -0.383 e. The number of fused-ring (bicyclic) bond motifs is 1. The first-order valence-electron chi connectivity index (χ1n) is 9.17. The van der Waals surface area contributed by atoms with Crippen molar-refractivity contribution >= 4 is 5.91 Å². The van der Waals surface area contributed by atoms with E-state index >= 15 is 0 Å². The summed E-state index contributed by atoms with van der Waals surface area (Å²) in [6.07, 6.45) is 3.77. The third-order valence-corrected chi connectivity index (χ3v) is 6.20. The Bertz CT molecular complexity index is 588. The number of quaternary nitrogens is 1. The summed E-state index contributed by atoms with van der Waals surface area (Å²) in [5.74, 6) is 0.880. The van der Waals surface area contributed by atoms with Gasteiger partial charge in [0.1, 0.15) is 12.2 Å². The van der Waals surface area contributed by atoms with Gasteiger partial charge in [-0.3, -0.25) is 9.69 Å². The van der Waals surface area contributed by atoms with E-state index in [0.717, 1.165) is 19.6 Å². The third-order valence-electron chi connectivity index (χ3n) is 6.20. The highest BCUT2D eigenvalue weighted by molar-refractivity contribution is 5.82. The van der Waals surface area contributed by atoms with Gasteiger partial charge in [0.05, 0.1) is 25.7 Å². The molecule has 0 bridgehead atoms. The highest BCUT2D eigenvalue weighted by atomic mass is 16.5. The molecule has 5 heteroatoms. The summed E-state index contributed by atoms with van der Waals surface area (Å²) >= 11 is 0. The molecule has 24 heavy (non-hydrogen) atoms. The van der Waals surface area contributed by atoms with Crippen molar-refractivity contribution in [1.29, 1.82) is 0 Å². The standard InChI is InChI=1S/C19H27N3O2/c1-24-13-17-10-20-14-19(16-8-5-9-16)21(17)12-18(23)22(19)11-15-6-3-2-4-7-15/h2-4,6-7,16-17,20H,5,8-14H2,1H3/p+1. The Hall–Kier alpha value is -1.43. The number of rotatable bonds is 5. The number of nitrogens with two attached hydrogens (primary N) is 1. The SMILES string of the molecule is COCC1C[NH2+]CC2(C3CCC3)N(Cc3ccccc3)C(=O)CN12. The normalized spacial score (nSPS) is 31.1. The van der Waals surface area contributed by atoms with Crippen LogP contribution in [-0.2, 0) is 16.1 Å². The lowest BCUT2D eigenvalue weighted by Gasteiger charge is -2.54. The Morgan fingerprint density at radius 1 is 1.29 bits per heavy atom. The molecule has 1 aromatic rings. The second kappa shape index (κ2) is 6.47. The largest absolute Gasteiger partial charge is 0.383 e. The molecule has 3 fully saturated rings. The quantitative estimate of drug-likeness (QED) is 0.851. The van der Waals surface area contributed by atoms with Gasteiger partial charge in [-0.2, -0.15) is 0 Å². The summed E-state index contributed by atoms with van der Waals surface area (Å²) in [6, 6.07) is 10.7. The van der Waals surface area contributed by atoms with Gasteiger partial charge in [0.2, 0.25) is 5.91 Å². The van der Waals surface area contributed by atoms with Crippen molar-refractivity contribution in [2.24, 2.45) is 5.92 Å². The second-order valence-electron chi connectivity index (χ2n) is 7.44. The van der Waals surface area contributed by atoms with Gasteiger partial charge in [-0.1, -0.05) is 36.8 Å². The lowest BCUT2D eigenvalue weighted by Crippen LogP contribution is -2.98. The summed E-state index contributed by atoms with van der Waals surface area (Å²) in [7, 11) is 1.76. The number of amides is 1. The van der Waals surface area contributed by atoms with E-state index in [0.29, 0.717) is 25.1 Å². The predicted molar refractivity (Wildman–Crippen MR) is 91.1 cm³/mol. The molecule has 2 saturated heterocycles. The molecule has 0 spiro atoms. The zero-order chi connectivity index (χ0) is 16.6. The molecular weight excluding hydrogens is 302 g/mol. The molecule has 1 amide bonds. The Morgan fingerprint density at radius 2 is 2.08 bits per heavy atom. The van der Waals surface area contributed by atoms with Crippen LogP contribution in [-0.4, -0.2) is 60.8 Å². The van der Waals surface area contributed by atoms with Crippen molar-refractivity contribution < 1.29 is 14.8 Å². The predicted octanol–water partition coefficient (Wildman–Crippen LogP) is 0.419. The number of piperazine rings is 1. The van der Waals surface area contributed by atoms with E-state index in [1.807, 2.05) is 6.07 Å². The monoisotopic (exact) mass is 330 g/mol. The van der Waals surface area contributed by atoms with Gasteiger partial charge in [0.15, 0.2) is 0 Å². The van der Waals surface area contributed by atoms with E-state index in [1.54, 1.807) is 7.11 Å². The Labute approximate surface area is 144 Å². The number of methoxy groups -OCH3 is 1. The van der Waals surface area contributed by atoms with Gasteiger partial charge in [-0.25, -0.2) is 0 Å². The minimum absolute atomic E-state index is 0.118. The molecule has 2 unspecified atom stereocenters. The molecular formula is C19H28N3O2+.